The first-order valence-electron chi connectivity index (χ1n) is 7.18. The number of carbonyl (C=O) groups is 1. The van der Waals surface area contributed by atoms with Gasteiger partial charge in [-0.05, 0) is 16.8 Å². The highest BCUT2D eigenvalue weighted by molar-refractivity contribution is 8.00. The minimum Gasteiger partial charge on any atom is -0.383 e. The number of aromatic amines is 1. The molecule has 2 rings (SSSR count). The summed E-state index contributed by atoms with van der Waals surface area (Å²) in [5.74, 6) is -0.741. The lowest BCUT2D eigenvalue weighted by Crippen LogP contribution is -2.39. The third kappa shape index (κ3) is 3.39. The molecule has 10 heteroatoms. The van der Waals surface area contributed by atoms with Gasteiger partial charge in [0.05, 0.1) is 16.9 Å². The summed E-state index contributed by atoms with van der Waals surface area (Å²) < 4.78 is 5.72. The van der Waals surface area contributed by atoms with E-state index < -0.39 is 11.4 Å². The van der Waals surface area contributed by atoms with Crippen LogP contribution in [0.5, 0.6) is 0 Å². The SMILES string of the molecule is CC(C)c1c(C#N)c(N)nc(SCC(=O)c2c(=O)o[nH][n+]2C)c1C#N. The molecule has 0 amide bonds. The highest BCUT2D eigenvalue weighted by Gasteiger charge is 2.27. The van der Waals surface area contributed by atoms with Gasteiger partial charge in [0, 0.05) is 0 Å². The molecule has 25 heavy (non-hydrogen) atoms. The lowest BCUT2D eigenvalue weighted by Gasteiger charge is -2.14. The highest BCUT2D eigenvalue weighted by Crippen LogP contribution is 2.32. The second kappa shape index (κ2) is 7.20. The van der Waals surface area contributed by atoms with Crippen LogP contribution in [-0.4, -0.2) is 21.8 Å². The second-order valence-corrected chi connectivity index (χ2v) is 6.41. The number of pyridine rings is 1. The van der Waals surface area contributed by atoms with Crippen molar-refractivity contribution < 1.29 is 14.0 Å². The first kappa shape index (κ1) is 18.2. The monoisotopic (exact) mass is 359 g/mol. The van der Waals surface area contributed by atoms with Crippen LogP contribution in [0.4, 0.5) is 5.82 Å². The van der Waals surface area contributed by atoms with E-state index in [9.17, 15) is 20.1 Å². The topological polar surface area (TPSA) is 153 Å². The average molecular weight is 359 g/mol. The number of aromatic nitrogens is 3. The van der Waals surface area contributed by atoms with Crippen LogP contribution in [0.1, 0.15) is 46.9 Å². The Morgan fingerprint density at radius 1 is 1.40 bits per heavy atom. The molecule has 0 aliphatic carbocycles. The van der Waals surface area contributed by atoms with Crippen LogP contribution in [0.2, 0.25) is 0 Å². The van der Waals surface area contributed by atoms with Crippen molar-refractivity contribution in [2.24, 2.45) is 7.05 Å². The van der Waals surface area contributed by atoms with Gasteiger partial charge < -0.3 is 5.73 Å². The van der Waals surface area contributed by atoms with Crippen molar-refractivity contribution in [3.8, 4) is 12.1 Å². The molecule has 0 aromatic carbocycles. The summed E-state index contributed by atoms with van der Waals surface area (Å²) in [7, 11) is 1.47. The van der Waals surface area contributed by atoms with Crippen LogP contribution in [0.3, 0.4) is 0 Å². The van der Waals surface area contributed by atoms with Gasteiger partial charge in [0.25, 0.3) is 0 Å². The van der Waals surface area contributed by atoms with E-state index >= 15 is 0 Å². The number of nitrogen functional groups attached to an aromatic ring is 1. The number of Topliss-reactive ketones (excluding diaryl/α,β-unsaturated/α-hetero) is 1. The maximum atomic E-state index is 12.2. The summed E-state index contributed by atoms with van der Waals surface area (Å²) in [5, 5.41) is 21.3. The molecular formula is C15H15N6O3S+. The molecule has 0 saturated carbocycles. The van der Waals surface area contributed by atoms with Gasteiger partial charge in [0.1, 0.15) is 23.0 Å². The molecule has 0 saturated heterocycles. The number of nitriles is 2. The van der Waals surface area contributed by atoms with Crippen molar-refractivity contribution in [3.63, 3.8) is 0 Å². The molecule has 0 fully saturated rings. The van der Waals surface area contributed by atoms with E-state index in [1.165, 1.54) is 11.7 Å². The number of anilines is 1. The molecule has 3 N–H and O–H groups in total. The number of hydrogen-bond donors (Lipinski definition) is 2. The standard InChI is InChI=1S/C15H14N6O3S/c1-7(2)11-8(4-16)13(18)19-14(9(11)5-17)25-6-10(22)12-15(23)24-20-21(12)3/h7H,6H2,1-3H3,(H2-,18,19,20,22,23)/p+1. The Morgan fingerprint density at radius 3 is 2.52 bits per heavy atom. The number of nitrogens with zero attached hydrogens (tertiary/aromatic N) is 4. The van der Waals surface area contributed by atoms with Crippen molar-refractivity contribution in [2.75, 3.05) is 11.5 Å². The second-order valence-electron chi connectivity index (χ2n) is 5.44. The van der Waals surface area contributed by atoms with Crippen molar-refractivity contribution in [2.45, 2.75) is 24.8 Å². The van der Waals surface area contributed by atoms with Gasteiger partial charge in [-0.25, -0.2) is 9.78 Å². The highest BCUT2D eigenvalue weighted by atomic mass is 32.2. The molecule has 2 aromatic heterocycles. The third-order valence-corrected chi connectivity index (χ3v) is 4.42. The molecule has 0 spiro atoms. The number of H-pyrrole nitrogens is 1. The molecule has 128 valence electrons. The lowest BCUT2D eigenvalue weighted by molar-refractivity contribution is -0.741. The Hall–Kier alpha value is -3.11. The number of nitrogens with one attached hydrogen (secondary N) is 1. The smallest absolute Gasteiger partial charge is 0.383 e. The van der Waals surface area contributed by atoms with E-state index in [-0.39, 0.29) is 39.3 Å². The molecule has 0 unspecified atom stereocenters. The predicted molar refractivity (Wildman–Crippen MR) is 87.7 cm³/mol. The first-order chi connectivity index (χ1) is 11.8. The quantitative estimate of drug-likeness (QED) is 0.447. The van der Waals surface area contributed by atoms with Crippen molar-refractivity contribution in [3.05, 3.63) is 32.8 Å². The van der Waals surface area contributed by atoms with E-state index in [0.29, 0.717) is 5.56 Å². The molecule has 0 aliphatic rings. The average Bonchev–Trinajstić information content (AvgIpc) is 2.90. The molecule has 0 radical (unpaired) electrons. The number of aryl methyl sites for hydroxylation is 1. The van der Waals surface area contributed by atoms with E-state index in [0.717, 1.165) is 11.8 Å². The van der Waals surface area contributed by atoms with Crippen LogP contribution in [0.15, 0.2) is 14.3 Å². The maximum absolute atomic E-state index is 12.2. The predicted octanol–water partition coefficient (Wildman–Crippen LogP) is 0.611. The van der Waals surface area contributed by atoms with Crippen LogP contribution < -0.4 is 16.0 Å². The summed E-state index contributed by atoms with van der Waals surface area (Å²) in [5.41, 5.74) is 5.79. The summed E-state index contributed by atoms with van der Waals surface area (Å²) in [6.45, 7) is 3.67. The Morgan fingerprint density at radius 2 is 2.04 bits per heavy atom. The Labute approximate surface area is 147 Å². The Bertz CT molecular complexity index is 977. The van der Waals surface area contributed by atoms with Gasteiger partial charge in [-0.3, -0.25) is 9.32 Å². The summed E-state index contributed by atoms with van der Waals surface area (Å²) >= 11 is 0.980. The molecule has 0 bridgehead atoms. The fraction of sp³-hybridized carbons (Fsp3) is 0.333. The van der Waals surface area contributed by atoms with Gasteiger partial charge in [-0.15, -0.1) is 0 Å². The molecule has 0 aliphatic heterocycles. The van der Waals surface area contributed by atoms with Crippen LogP contribution in [0, 0.1) is 22.7 Å². The number of thioether (sulfide) groups is 1. The van der Waals surface area contributed by atoms with E-state index in [4.69, 9.17) is 5.73 Å². The number of ketones is 1. The van der Waals surface area contributed by atoms with Crippen molar-refractivity contribution in [1.82, 2.24) is 10.3 Å². The van der Waals surface area contributed by atoms with Gasteiger partial charge in [0.2, 0.25) is 5.78 Å². The van der Waals surface area contributed by atoms with Gasteiger partial charge in [-0.2, -0.15) is 10.5 Å². The van der Waals surface area contributed by atoms with Gasteiger partial charge >= 0.3 is 11.3 Å². The minimum atomic E-state index is -0.774. The fourth-order valence-corrected chi connectivity index (χ4v) is 3.22. The normalized spacial score (nSPS) is 10.5. The number of nitrogens with two attached hydrogens (primary N) is 1. The van der Waals surface area contributed by atoms with E-state index in [2.05, 4.69) is 14.8 Å². The van der Waals surface area contributed by atoms with Crippen LogP contribution >= 0.6 is 11.8 Å². The van der Waals surface area contributed by atoms with Gasteiger partial charge in [-0.1, -0.05) is 30.3 Å². The van der Waals surface area contributed by atoms with Crippen LogP contribution in [-0.2, 0) is 7.05 Å². The van der Waals surface area contributed by atoms with E-state index in [1.807, 2.05) is 26.0 Å². The Kier molecular flexibility index (Phi) is 5.25. The third-order valence-electron chi connectivity index (χ3n) is 3.44. The number of carbonyl (C=O) groups excluding carboxylic acids is 1. The van der Waals surface area contributed by atoms with E-state index in [1.54, 1.807) is 0 Å². The summed E-state index contributed by atoms with van der Waals surface area (Å²) in [4.78, 5) is 27.8. The summed E-state index contributed by atoms with van der Waals surface area (Å²) in [6.07, 6.45) is 0. The zero-order chi connectivity index (χ0) is 18.7. The minimum absolute atomic E-state index is 0.00635. The number of hydrogen-bond acceptors (Lipinski definition) is 8. The molecule has 2 aromatic rings. The summed E-state index contributed by atoms with van der Waals surface area (Å²) in [6, 6.07) is 4.01. The molecule has 0 atom stereocenters. The van der Waals surface area contributed by atoms with Crippen molar-refractivity contribution >= 4 is 23.4 Å². The maximum Gasteiger partial charge on any atom is 0.438 e. The van der Waals surface area contributed by atoms with Crippen LogP contribution in [0.25, 0.3) is 0 Å². The fourth-order valence-electron chi connectivity index (χ4n) is 2.35. The van der Waals surface area contributed by atoms with Crippen molar-refractivity contribution in [1.29, 1.82) is 10.5 Å². The molecule has 9 nitrogen and oxygen atoms in total. The first-order valence-corrected chi connectivity index (χ1v) is 8.17. The zero-order valence-electron chi connectivity index (χ0n) is 13.8. The molecular weight excluding hydrogens is 344 g/mol. The zero-order valence-corrected chi connectivity index (χ0v) is 14.6. The Balaban J connectivity index is 2.41. The van der Waals surface area contributed by atoms with Gasteiger partial charge in [0.15, 0.2) is 7.05 Å². The largest absolute Gasteiger partial charge is 0.438 e. The lowest BCUT2D eigenvalue weighted by atomic mass is 9.94. The number of rotatable bonds is 5. The molecule has 2 heterocycles.